The molecular weight excluding hydrogens is 294 g/mol. The molecule has 2 rings (SSSR count). The average Bonchev–Trinajstić information content (AvgIpc) is 2.77. The number of ether oxygens (including phenoxy) is 1. The number of rotatable bonds is 4. The highest BCUT2D eigenvalue weighted by Gasteiger charge is 2.26. The molecule has 0 unspecified atom stereocenters. The van der Waals surface area contributed by atoms with Crippen molar-refractivity contribution in [2.75, 3.05) is 6.61 Å². The summed E-state index contributed by atoms with van der Waals surface area (Å²) in [6, 6.07) is 9.17. The van der Waals surface area contributed by atoms with E-state index in [-0.39, 0.29) is 17.2 Å². The van der Waals surface area contributed by atoms with E-state index < -0.39 is 5.97 Å². The van der Waals surface area contributed by atoms with Crippen LogP contribution in [0.3, 0.4) is 0 Å². The summed E-state index contributed by atoms with van der Waals surface area (Å²) in [5, 5.41) is 20.7. The molecule has 0 saturated carbocycles. The third kappa shape index (κ3) is 2.79. The van der Waals surface area contributed by atoms with Crippen LogP contribution in [0, 0.1) is 10.7 Å². The number of nitrogens with zero attached hydrogens (tertiary/aromatic N) is 1. The first-order chi connectivity index (χ1) is 9.69. The van der Waals surface area contributed by atoms with Crippen LogP contribution in [0.15, 0.2) is 34.5 Å². The highest BCUT2D eigenvalue weighted by Crippen LogP contribution is 2.46. The van der Waals surface area contributed by atoms with Crippen molar-refractivity contribution in [2.24, 2.45) is 0 Å². The van der Waals surface area contributed by atoms with Crippen molar-refractivity contribution >= 4 is 29.1 Å². The quantitative estimate of drug-likeness (QED) is 0.527. The van der Waals surface area contributed by atoms with Crippen molar-refractivity contribution in [3.05, 3.63) is 35.9 Å². The Bertz CT molecular complexity index is 659. The molecule has 0 aliphatic rings. The molecular formula is C14H11NO3S2. The van der Waals surface area contributed by atoms with E-state index in [1.807, 2.05) is 35.7 Å². The fourth-order valence-corrected chi connectivity index (χ4v) is 3.48. The highest BCUT2D eigenvalue weighted by molar-refractivity contribution is 8.05. The van der Waals surface area contributed by atoms with Gasteiger partial charge in [0, 0.05) is 17.3 Å². The van der Waals surface area contributed by atoms with Crippen LogP contribution in [0.4, 0.5) is 0 Å². The lowest BCUT2D eigenvalue weighted by molar-refractivity contribution is 0.0525. The van der Waals surface area contributed by atoms with Crippen LogP contribution in [-0.4, -0.2) is 17.7 Å². The van der Waals surface area contributed by atoms with E-state index in [0.717, 1.165) is 28.7 Å². The Morgan fingerprint density at radius 2 is 2.15 bits per heavy atom. The number of benzene rings is 1. The van der Waals surface area contributed by atoms with Gasteiger partial charge in [0.2, 0.25) is 0 Å². The number of aromatic hydroxyl groups is 1. The van der Waals surface area contributed by atoms with Crippen molar-refractivity contribution in [1.82, 2.24) is 0 Å². The summed E-state index contributed by atoms with van der Waals surface area (Å²) in [7, 11) is 0. The first kappa shape index (κ1) is 14.4. The van der Waals surface area contributed by atoms with Gasteiger partial charge in [0.15, 0.2) is 5.06 Å². The molecule has 0 spiro atoms. The summed E-state index contributed by atoms with van der Waals surface area (Å²) in [6.45, 7) is 1.93. The second-order valence-corrected chi connectivity index (χ2v) is 5.78. The summed E-state index contributed by atoms with van der Waals surface area (Å²) >= 11 is 1.93. The maximum Gasteiger partial charge on any atom is 0.343 e. The summed E-state index contributed by atoms with van der Waals surface area (Å²) in [6.07, 6.45) is 0. The van der Waals surface area contributed by atoms with Crippen molar-refractivity contribution in [2.45, 2.75) is 11.1 Å². The lowest BCUT2D eigenvalue weighted by atomic mass is 10.0. The van der Waals surface area contributed by atoms with Gasteiger partial charge in [-0.1, -0.05) is 41.7 Å². The normalized spacial score (nSPS) is 10.0. The average molecular weight is 305 g/mol. The van der Waals surface area contributed by atoms with Gasteiger partial charge in [0.1, 0.15) is 11.0 Å². The number of hydrogen-bond donors (Lipinski definition) is 1. The van der Waals surface area contributed by atoms with E-state index >= 15 is 0 Å². The van der Waals surface area contributed by atoms with E-state index in [1.54, 1.807) is 6.92 Å². The molecule has 0 fully saturated rings. The van der Waals surface area contributed by atoms with Gasteiger partial charge in [0.05, 0.1) is 10.8 Å². The number of hydrogen-bond acceptors (Lipinski definition) is 6. The molecule has 0 aliphatic carbocycles. The molecule has 0 radical (unpaired) electrons. The van der Waals surface area contributed by atoms with Crippen LogP contribution >= 0.6 is 23.1 Å². The Labute approximate surface area is 124 Å². The molecule has 6 heteroatoms. The Balaban J connectivity index is 2.62. The summed E-state index contributed by atoms with van der Waals surface area (Å²) in [5.74, 6) is -0.579. The predicted molar refractivity (Wildman–Crippen MR) is 78.8 cm³/mol. The fraction of sp³-hybridized carbons (Fsp3) is 0.143. The van der Waals surface area contributed by atoms with E-state index in [0.29, 0.717) is 9.77 Å². The van der Waals surface area contributed by atoms with E-state index in [1.165, 1.54) is 0 Å². The SMILES string of the molecule is CCOC(=O)c1c(O)sc(SC#N)c1-c1ccccc1. The third-order valence-corrected chi connectivity index (χ3v) is 4.31. The van der Waals surface area contributed by atoms with Crippen molar-refractivity contribution in [1.29, 1.82) is 5.26 Å². The molecule has 0 amide bonds. The van der Waals surface area contributed by atoms with E-state index in [9.17, 15) is 9.90 Å². The second-order valence-electron chi connectivity index (χ2n) is 3.72. The molecule has 1 heterocycles. The van der Waals surface area contributed by atoms with Gasteiger partial charge in [-0.2, -0.15) is 5.26 Å². The minimum Gasteiger partial charge on any atom is -0.499 e. The van der Waals surface area contributed by atoms with Crippen molar-refractivity contribution < 1.29 is 14.6 Å². The first-order valence-electron chi connectivity index (χ1n) is 5.83. The molecule has 0 aliphatic heterocycles. The number of thioether (sulfide) groups is 1. The van der Waals surface area contributed by atoms with Crippen LogP contribution < -0.4 is 0 Å². The van der Waals surface area contributed by atoms with Crippen LogP contribution in [0.2, 0.25) is 0 Å². The zero-order valence-corrected chi connectivity index (χ0v) is 12.3. The third-order valence-electron chi connectivity index (χ3n) is 2.54. The molecule has 1 aromatic carbocycles. The monoisotopic (exact) mass is 305 g/mol. The van der Waals surface area contributed by atoms with E-state index in [2.05, 4.69) is 0 Å². The van der Waals surface area contributed by atoms with Gasteiger partial charge in [-0.15, -0.1) is 0 Å². The Kier molecular flexibility index (Phi) is 4.66. The molecule has 4 nitrogen and oxygen atoms in total. The maximum atomic E-state index is 12.0. The lowest BCUT2D eigenvalue weighted by Crippen LogP contribution is -2.05. The topological polar surface area (TPSA) is 70.3 Å². The van der Waals surface area contributed by atoms with Crippen LogP contribution in [-0.2, 0) is 4.74 Å². The molecule has 102 valence electrons. The number of nitriles is 1. The van der Waals surface area contributed by atoms with Crippen LogP contribution in [0.25, 0.3) is 11.1 Å². The Morgan fingerprint density at radius 3 is 2.75 bits per heavy atom. The smallest absolute Gasteiger partial charge is 0.343 e. The van der Waals surface area contributed by atoms with Crippen LogP contribution in [0.5, 0.6) is 5.06 Å². The lowest BCUT2D eigenvalue weighted by Gasteiger charge is -2.06. The Hall–Kier alpha value is -1.97. The van der Waals surface area contributed by atoms with Crippen molar-refractivity contribution in [3.63, 3.8) is 0 Å². The van der Waals surface area contributed by atoms with Gasteiger partial charge in [-0.25, -0.2) is 4.79 Å². The van der Waals surface area contributed by atoms with Gasteiger partial charge in [-0.05, 0) is 12.5 Å². The summed E-state index contributed by atoms with van der Waals surface area (Å²) < 4.78 is 5.56. The molecule has 0 bridgehead atoms. The zero-order chi connectivity index (χ0) is 14.5. The van der Waals surface area contributed by atoms with Crippen LogP contribution in [0.1, 0.15) is 17.3 Å². The molecule has 1 aromatic heterocycles. The number of thiocyanates is 1. The minimum absolute atomic E-state index is 0.125. The molecule has 1 N–H and O–H groups in total. The number of thiophene rings is 1. The zero-order valence-electron chi connectivity index (χ0n) is 10.6. The maximum absolute atomic E-state index is 12.0. The van der Waals surface area contributed by atoms with Gasteiger partial charge < -0.3 is 9.84 Å². The predicted octanol–water partition coefficient (Wildman–Crippen LogP) is 3.87. The molecule has 0 saturated heterocycles. The van der Waals surface area contributed by atoms with Crippen molar-refractivity contribution in [3.8, 4) is 21.6 Å². The highest BCUT2D eigenvalue weighted by atomic mass is 32.2. The number of carbonyl (C=O) groups is 1. The molecule has 2 aromatic rings. The summed E-state index contributed by atoms with van der Waals surface area (Å²) in [4.78, 5) is 12.0. The number of carbonyl (C=O) groups excluding carboxylic acids is 1. The standard InChI is InChI=1S/C14H11NO3S2/c1-2-18-12(16)11-10(9-6-4-3-5-7-9)14(19-8-15)20-13(11)17/h3-7,17H,2H2,1H3. The number of esters is 1. The van der Waals surface area contributed by atoms with E-state index in [4.69, 9.17) is 10.00 Å². The van der Waals surface area contributed by atoms with Gasteiger partial charge in [-0.3, -0.25) is 0 Å². The largest absolute Gasteiger partial charge is 0.499 e. The Morgan fingerprint density at radius 1 is 1.45 bits per heavy atom. The molecule has 20 heavy (non-hydrogen) atoms. The summed E-state index contributed by atoms with van der Waals surface area (Å²) in [5.41, 5.74) is 1.45. The first-order valence-corrected chi connectivity index (χ1v) is 7.46. The van der Waals surface area contributed by atoms with Gasteiger partial charge in [0.25, 0.3) is 0 Å². The minimum atomic E-state index is -0.579. The second kappa shape index (κ2) is 6.46. The van der Waals surface area contributed by atoms with Gasteiger partial charge >= 0.3 is 5.97 Å². The molecule has 0 atom stereocenters. The fourth-order valence-electron chi connectivity index (χ4n) is 1.77.